The van der Waals surface area contributed by atoms with Gasteiger partial charge in [-0.1, -0.05) is 0 Å². The van der Waals surface area contributed by atoms with E-state index in [1.54, 1.807) is 19.2 Å². The second-order valence-electron chi connectivity index (χ2n) is 5.86. The minimum atomic E-state index is -4.51. The SMILES string of the molecule is Cc1nccc(O[C@@H]2CCN(S(=O)(=O)c3ccc(C(F)(F)F)cc3)C2)n1. The van der Waals surface area contributed by atoms with Gasteiger partial charge in [0.1, 0.15) is 11.9 Å². The van der Waals surface area contributed by atoms with Gasteiger partial charge in [-0.2, -0.15) is 22.5 Å². The Hall–Kier alpha value is -2.20. The first-order valence-corrected chi connectivity index (χ1v) is 9.24. The van der Waals surface area contributed by atoms with Gasteiger partial charge in [-0.15, -0.1) is 0 Å². The van der Waals surface area contributed by atoms with Crippen molar-refractivity contribution in [2.24, 2.45) is 0 Å². The first-order valence-electron chi connectivity index (χ1n) is 7.80. The molecule has 2 aromatic rings. The van der Waals surface area contributed by atoms with Crippen molar-refractivity contribution in [3.8, 4) is 5.88 Å². The molecule has 0 spiro atoms. The number of alkyl halides is 3. The van der Waals surface area contributed by atoms with Gasteiger partial charge in [0.05, 0.1) is 17.0 Å². The van der Waals surface area contributed by atoms with E-state index in [-0.39, 0.29) is 24.1 Å². The maximum absolute atomic E-state index is 12.6. The van der Waals surface area contributed by atoms with Crippen molar-refractivity contribution < 1.29 is 26.3 Å². The van der Waals surface area contributed by atoms with E-state index < -0.39 is 21.8 Å². The van der Waals surface area contributed by atoms with E-state index in [0.29, 0.717) is 18.1 Å². The Kier molecular flexibility index (Phi) is 4.89. The van der Waals surface area contributed by atoms with Crippen LogP contribution in [0.3, 0.4) is 0 Å². The summed E-state index contributed by atoms with van der Waals surface area (Å²) in [6, 6.07) is 5.06. The van der Waals surface area contributed by atoms with E-state index in [1.165, 1.54) is 4.31 Å². The van der Waals surface area contributed by atoms with Crippen LogP contribution < -0.4 is 4.74 Å². The first-order chi connectivity index (χ1) is 12.2. The number of ether oxygens (including phenoxy) is 1. The van der Waals surface area contributed by atoms with Gasteiger partial charge in [-0.3, -0.25) is 0 Å². The Morgan fingerprint density at radius 3 is 2.50 bits per heavy atom. The van der Waals surface area contributed by atoms with Gasteiger partial charge >= 0.3 is 6.18 Å². The normalized spacial score (nSPS) is 18.8. The lowest BCUT2D eigenvalue weighted by molar-refractivity contribution is -0.137. The number of sulfonamides is 1. The van der Waals surface area contributed by atoms with E-state index in [2.05, 4.69) is 9.97 Å². The van der Waals surface area contributed by atoms with E-state index in [0.717, 1.165) is 24.3 Å². The zero-order valence-corrected chi connectivity index (χ0v) is 14.6. The summed E-state index contributed by atoms with van der Waals surface area (Å²) in [4.78, 5) is 7.89. The van der Waals surface area contributed by atoms with E-state index in [9.17, 15) is 21.6 Å². The molecule has 3 rings (SSSR count). The van der Waals surface area contributed by atoms with E-state index in [1.807, 2.05) is 0 Å². The number of halogens is 3. The first kappa shape index (κ1) is 18.6. The van der Waals surface area contributed by atoms with Gasteiger partial charge in [-0.05, 0) is 37.6 Å². The van der Waals surface area contributed by atoms with Crippen LogP contribution in [-0.4, -0.2) is 41.9 Å². The average molecular weight is 387 g/mol. The van der Waals surface area contributed by atoms with Gasteiger partial charge in [0.15, 0.2) is 0 Å². The molecule has 1 aromatic heterocycles. The van der Waals surface area contributed by atoms with Crippen molar-refractivity contribution in [2.75, 3.05) is 13.1 Å². The van der Waals surface area contributed by atoms with Crippen LogP contribution in [-0.2, 0) is 16.2 Å². The molecule has 1 aliphatic heterocycles. The Morgan fingerprint density at radius 2 is 1.88 bits per heavy atom. The summed E-state index contributed by atoms with van der Waals surface area (Å²) in [6.45, 7) is 2.04. The molecule has 6 nitrogen and oxygen atoms in total. The minimum Gasteiger partial charge on any atom is -0.473 e. The number of benzene rings is 1. The molecular formula is C16H16F3N3O3S. The third-order valence-corrected chi connectivity index (χ3v) is 5.84. The molecule has 26 heavy (non-hydrogen) atoms. The molecule has 1 fully saturated rings. The number of aromatic nitrogens is 2. The maximum atomic E-state index is 12.6. The van der Waals surface area contributed by atoms with Crippen molar-refractivity contribution >= 4 is 10.0 Å². The number of aryl methyl sites for hydroxylation is 1. The number of hydrogen-bond acceptors (Lipinski definition) is 5. The molecule has 2 heterocycles. The fourth-order valence-corrected chi connectivity index (χ4v) is 4.13. The predicted octanol–water partition coefficient (Wildman–Crippen LogP) is 2.65. The van der Waals surface area contributed by atoms with Crippen molar-refractivity contribution in [1.29, 1.82) is 0 Å². The Bertz CT molecular complexity index is 886. The number of nitrogens with zero attached hydrogens (tertiary/aromatic N) is 3. The van der Waals surface area contributed by atoms with Crippen LogP contribution in [0.2, 0.25) is 0 Å². The van der Waals surface area contributed by atoms with Gasteiger partial charge in [0.25, 0.3) is 0 Å². The third-order valence-electron chi connectivity index (χ3n) is 3.97. The summed E-state index contributed by atoms with van der Waals surface area (Å²) in [7, 11) is -3.88. The van der Waals surface area contributed by atoms with Crippen LogP contribution in [0.4, 0.5) is 13.2 Å². The van der Waals surface area contributed by atoms with E-state index >= 15 is 0 Å². The summed E-state index contributed by atoms with van der Waals surface area (Å²) < 4.78 is 70.0. The lowest BCUT2D eigenvalue weighted by Crippen LogP contribution is -2.31. The van der Waals surface area contributed by atoms with Crippen LogP contribution >= 0.6 is 0 Å². The van der Waals surface area contributed by atoms with Crippen LogP contribution in [0.5, 0.6) is 5.88 Å². The molecule has 1 saturated heterocycles. The smallest absolute Gasteiger partial charge is 0.416 e. The van der Waals surface area contributed by atoms with Crippen molar-refractivity contribution in [3.05, 3.63) is 47.9 Å². The molecule has 0 N–H and O–H groups in total. The second kappa shape index (κ2) is 6.84. The van der Waals surface area contributed by atoms with Crippen molar-refractivity contribution in [3.63, 3.8) is 0 Å². The molecule has 1 aliphatic rings. The highest BCUT2D eigenvalue weighted by Crippen LogP contribution is 2.31. The van der Waals surface area contributed by atoms with E-state index in [4.69, 9.17) is 4.74 Å². The molecule has 0 amide bonds. The molecule has 0 radical (unpaired) electrons. The summed E-state index contributed by atoms with van der Waals surface area (Å²) in [5.74, 6) is 0.894. The van der Waals surface area contributed by atoms with Crippen LogP contribution in [0.1, 0.15) is 17.8 Å². The second-order valence-corrected chi connectivity index (χ2v) is 7.79. The molecule has 140 valence electrons. The highest BCUT2D eigenvalue weighted by Gasteiger charge is 2.35. The van der Waals surface area contributed by atoms with Crippen molar-refractivity contribution in [1.82, 2.24) is 14.3 Å². The van der Waals surface area contributed by atoms with Crippen LogP contribution in [0, 0.1) is 6.92 Å². The predicted molar refractivity (Wildman–Crippen MR) is 86.0 cm³/mol. The molecule has 0 bridgehead atoms. The highest BCUT2D eigenvalue weighted by molar-refractivity contribution is 7.89. The molecule has 0 aliphatic carbocycles. The summed E-state index contributed by atoms with van der Waals surface area (Å²) >= 11 is 0. The summed E-state index contributed by atoms with van der Waals surface area (Å²) in [5, 5.41) is 0. The fourth-order valence-electron chi connectivity index (χ4n) is 2.65. The molecule has 0 saturated carbocycles. The standard InChI is InChI=1S/C16H16F3N3O3S/c1-11-20-8-6-15(21-11)25-13-7-9-22(10-13)26(23,24)14-4-2-12(3-5-14)16(17,18)19/h2-6,8,13H,7,9-10H2,1H3/t13-/m1/s1. The van der Waals surface area contributed by atoms with Gasteiger partial charge in [-0.25, -0.2) is 13.4 Å². The molecule has 1 atom stereocenters. The van der Waals surface area contributed by atoms with Crippen LogP contribution in [0.25, 0.3) is 0 Å². The quantitative estimate of drug-likeness (QED) is 0.807. The zero-order valence-electron chi connectivity index (χ0n) is 13.8. The third kappa shape index (κ3) is 3.96. The summed E-state index contributed by atoms with van der Waals surface area (Å²) in [5.41, 5.74) is -0.891. The topological polar surface area (TPSA) is 72.4 Å². The number of rotatable bonds is 4. The average Bonchev–Trinajstić information content (AvgIpc) is 3.03. The van der Waals surface area contributed by atoms with Gasteiger partial charge in [0, 0.05) is 18.8 Å². The minimum absolute atomic E-state index is 0.104. The van der Waals surface area contributed by atoms with Crippen molar-refractivity contribution in [2.45, 2.75) is 30.5 Å². The molecule has 1 aromatic carbocycles. The fraction of sp³-hybridized carbons (Fsp3) is 0.375. The monoisotopic (exact) mass is 387 g/mol. The number of hydrogen-bond donors (Lipinski definition) is 0. The Morgan fingerprint density at radius 1 is 1.19 bits per heavy atom. The highest BCUT2D eigenvalue weighted by atomic mass is 32.2. The van der Waals surface area contributed by atoms with Gasteiger partial charge < -0.3 is 4.74 Å². The van der Waals surface area contributed by atoms with Crippen LogP contribution in [0.15, 0.2) is 41.4 Å². The largest absolute Gasteiger partial charge is 0.473 e. The molecular weight excluding hydrogens is 371 g/mol. The Labute approximate surface area is 148 Å². The maximum Gasteiger partial charge on any atom is 0.416 e. The molecule has 10 heteroatoms. The summed E-state index contributed by atoms with van der Waals surface area (Å²) in [6.07, 6.45) is -2.88. The van der Waals surface area contributed by atoms with Gasteiger partial charge in [0.2, 0.25) is 15.9 Å². The lowest BCUT2D eigenvalue weighted by atomic mass is 10.2. The Balaban J connectivity index is 1.71. The molecule has 0 unspecified atom stereocenters. The zero-order chi connectivity index (χ0) is 18.9. The lowest BCUT2D eigenvalue weighted by Gasteiger charge is -2.17.